The number of carbonyl (C=O) groups is 1. The first kappa shape index (κ1) is 18.3. The molecule has 1 aliphatic carbocycles. The highest BCUT2D eigenvalue weighted by Gasteiger charge is 2.29. The fraction of sp³-hybridized carbons (Fsp3) is 0.476. The first-order valence-corrected chi connectivity index (χ1v) is 10.3. The molecule has 0 bridgehead atoms. The molecule has 3 aliphatic rings. The van der Waals surface area contributed by atoms with Gasteiger partial charge in [-0.05, 0) is 49.9 Å². The SMILES string of the molecule is CN1CCN(Cc2c(C=C3C(=O)NN=C3c3ccno3)[nH]c3c2CCCC3)CC1. The number of amides is 1. The number of hydrogen-bond acceptors (Lipinski definition) is 6. The van der Waals surface area contributed by atoms with Gasteiger partial charge in [0, 0.05) is 50.2 Å². The van der Waals surface area contributed by atoms with Crippen LogP contribution in [-0.2, 0) is 24.2 Å². The van der Waals surface area contributed by atoms with Gasteiger partial charge in [-0.2, -0.15) is 5.10 Å². The summed E-state index contributed by atoms with van der Waals surface area (Å²) in [5, 5.41) is 7.90. The van der Waals surface area contributed by atoms with E-state index in [0.29, 0.717) is 17.0 Å². The Hall–Kier alpha value is -2.71. The number of aromatic amines is 1. The van der Waals surface area contributed by atoms with Crippen LogP contribution in [0.2, 0.25) is 0 Å². The highest BCUT2D eigenvalue weighted by Crippen LogP contribution is 2.30. The monoisotopic (exact) mass is 394 g/mol. The third kappa shape index (κ3) is 3.54. The summed E-state index contributed by atoms with van der Waals surface area (Å²) in [5.74, 6) is 0.279. The normalized spacial score (nSPS) is 22.0. The molecule has 5 rings (SSSR count). The summed E-state index contributed by atoms with van der Waals surface area (Å²) in [4.78, 5) is 21.0. The Labute approximate surface area is 169 Å². The first-order valence-electron chi connectivity index (χ1n) is 10.3. The van der Waals surface area contributed by atoms with Crippen molar-refractivity contribution in [3.8, 4) is 0 Å². The number of hydrogen-bond donors (Lipinski definition) is 2. The van der Waals surface area contributed by atoms with Crippen molar-refractivity contribution in [2.75, 3.05) is 33.2 Å². The van der Waals surface area contributed by atoms with Crippen LogP contribution in [0.5, 0.6) is 0 Å². The summed E-state index contributed by atoms with van der Waals surface area (Å²) in [6.07, 6.45) is 8.11. The van der Waals surface area contributed by atoms with Crippen LogP contribution in [0, 0.1) is 0 Å². The van der Waals surface area contributed by atoms with E-state index in [1.54, 1.807) is 12.3 Å². The molecule has 8 heteroatoms. The van der Waals surface area contributed by atoms with Crippen molar-refractivity contribution in [3.63, 3.8) is 0 Å². The second-order valence-electron chi connectivity index (χ2n) is 8.10. The Morgan fingerprint density at radius 3 is 2.83 bits per heavy atom. The highest BCUT2D eigenvalue weighted by atomic mass is 16.5. The Balaban J connectivity index is 1.51. The molecule has 0 aromatic carbocycles. The van der Waals surface area contributed by atoms with Gasteiger partial charge in [0.05, 0.1) is 11.8 Å². The topological polar surface area (TPSA) is 89.8 Å². The second-order valence-corrected chi connectivity index (χ2v) is 8.10. The van der Waals surface area contributed by atoms with Crippen LogP contribution in [0.1, 0.15) is 41.1 Å². The van der Waals surface area contributed by atoms with Crippen LogP contribution >= 0.6 is 0 Å². The maximum absolute atomic E-state index is 12.5. The summed E-state index contributed by atoms with van der Waals surface area (Å²) in [6.45, 7) is 5.23. The lowest BCUT2D eigenvalue weighted by Gasteiger charge is -2.32. The maximum atomic E-state index is 12.5. The summed E-state index contributed by atoms with van der Waals surface area (Å²) in [6, 6.07) is 1.72. The van der Waals surface area contributed by atoms with Gasteiger partial charge < -0.3 is 14.4 Å². The summed E-state index contributed by atoms with van der Waals surface area (Å²) >= 11 is 0. The lowest BCUT2D eigenvalue weighted by molar-refractivity contribution is -0.116. The summed E-state index contributed by atoms with van der Waals surface area (Å²) in [7, 11) is 2.18. The lowest BCUT2D eigenvalue weighted by Crippen LogP contribution is -2.44. The van der Waals surface area contributed by atoms with Crippen molar-refractivity contribution in [1.82, 2.24) is 25.4 Å². The fourth-order valence-corrected chi connectivity index (χ4v) is 4.45. The molecule has 2 aliphatic heterocycles. The van der Waals surface area contributed by atoms with Crippen molar-refractivity contribution in [3.05, 3.63) is 46.1 Å². The van der Waals surface area contributed by atoms with Crippen LogP contribution in [0.3, 0.4) is 0 Å². The van der Waals surface area contributed by atoms with Crippen LogP contribution in [0.4, 0.5) is 0 Å². The predicted molar refractivity (Wildman–Crippen MR) is 109 cm³/mol. The van der Waals surface area contributed by atoms with Gasteiger partial charge >= 0.3 is 0 Å². The molecule has 8 nitrogen and oxygen atoms in total. The van der Waals surface area contributed by atoms with Crippen molar-refractivity contribution in [2.45, 2.75) is 32.2 Å². The van der Waals surface area contributed by atoms with Gasteiger partial charge in [0.1, 0.15) is 5.71 Å². The van der Waals surface area contributed by atoms with Crippen molar-refractivity contribution >= 4 is 17.7 Å². The second kappa shape index (κ2) is 7.61. The van der Waals surface area contributed by atoms with E-state index in [1.807, 2.05) is 6.08 Å². The molecule has 2 aromatic heterocycles. The third-order valence-electron chi connectivity index (χ3n) is 6.15. The molecule has 4 heterocycles. The molecule has 2 N–H and O–H groups in total. The zero-order valence-corrected chi connectivity index (χ0v) is 16.7. The van der Waals surface area contributed by atoms with E-state index < -0.39 is 0 Å². The van der Waals surface area contributed by atoms with Crippen LogP contribution in [0.25, 0.3) is 6.08 Å². The molecule has 0 atom stereocenters. The Kier molecular flexibility index (Phi) is 4.81. The van der Waals surface area contributed by atoms with E-state index in [9.17, 15) is 4.79 Å². The average molecular weight is 394 g/mol. The number of carbonyl (C=O) groups excluding carboxylic acids is 1. The molecular weight excluding hydrogens is 368 g/mol. The van der Waals surface area contributed by atoms with E-state index in [-0.39, 0.29) is 5.91 Å². The molecule has 0 spiro atoms. The summed E-state index contributed by atoms with van der Waals surface area (Å²) in [5.41, 5.74) is 8.69. The maximum Gasteiger partial charge on any atom is 0.273 e. The Morgan fingerprint density at radius 1 is 1.21 bits per heavy atom. The number of aryl methyl sites for hydroxylation is 1. The molecule has 152 valence electrons. The number of nitrogens with one attached hydrogen (secondary N) is 2. The fourth-order valence-electron chi connectivity index (χ4n) is 4.45. The molecular formula is C21H26N6O2. The molecule has 1 saturated heterocycles. The van der Waals surface area contributed by atoms with Crippen molar-refractivity contribution in [1.29, 1.82) is 0 Å². The molecule has 0 radical (unpaired) electrons. The standard InChI is InChI=1S/C21H26N6O2/c1-26-8-10-27(11-9-26)13-16-14-4-2-3-5-17(14)23-18(16)12-15-20(24-25-21(15)28)19-6-7-22-29-19/h6-7,12,23H,2-5,8-11,13H2,1H3,(H,25,28). The lowest BCUT2D eigenvalue weighted by atomic mass is 9.93. The minimum absolute atomic E-state index is 0.213. The van der Waals surface area contributed by atoms with E-state index in [1.165, 1.54) is 29.7 Å². The number of nitrogens with zero attached hydrogens (tertiary/aromatic N) is 4. The number of H-pyrrole nitrogens is 1. The number of likely N-dealkylation sites (N-methyl/N-ethyl adjacent to an activating group) is 1. The zero-order chi connectivity index (χ0) is 19.8. The minimum atomic E-state index is -0.213. The van der Waals surface area contributed by atoms with Gasteiger partial charge in [0.25, 0.3) is 5.91 Å². The Bertz CT molecular complexity index is 964. The van der Waals surface area contributed by atoms with Crippen molar-refractivity contribution in [2.24, 2.45) is 5.10 Å². The van der Waals surface area contributed by atoms with Gasteiger partial charge in [0.15, 0.2) is 5.76 Å². The van der Waals surface area contributed by atoms with Gasteiger partial charge in [-0.3, -0.25) is 9.69 Å². The van der Waals surface area contributed by atoms with Gasteiger partial charge in [-0.25, -0.2) is 5.43 Å². The number of rotatable bonds is 4. The molecule has 1 fully saturated rings. The molecule has 2 aromatic rings. The summed E-state index contributed by atoms with van der Waals surface area (Å²) < 4.78 is 5.24. The average Bonchev–Trinajstić information content (AvgIpc) is 3.45. The van der Waals surface area contributed by atoms with Gasteiger partial charge in [-0.1, -0.05) is 5.16 Å². The van der Waals surface area contributed by atoms with Crippen LogP contribution in [-0.4, -0.2) is 64.8 Å². The quantitative estimate of drug-likeness (QED) is 0.768. The van der Waals surface area contributed by atoms with E-state index in [0.717, 1.165) is 51.3 Å². The van der Waals surface area contributed by atoms with Gasteiger partial charge in [0.2, 0.25) is 0 Å². The minimum Gasteiger partial charge on any atom is -0.358 e. The smallest absolute Gasteiger partial charge is 0.273 e. The molecule has 29 heavy (non-hydrogen) atoms. The third-order valence-corrected chi connectivity index (χ3v) is 6.15. The zero-order valence-electron chi connectivity index (χ0n) is 16.7. The highest BCUT2D eigenvalue weighted by molar-refractivity contribution is 6.32. The van der Waals surface area contributed by atoms with E-state index in [4.69, 9.17) is 4.52 Å². The number of piperazine rings is 1. The number of hydrazone groups is 1. The van der Waals surface area contributed by atoms with Gasteiger partial charge in [-0.15, -0.1) is 0 Å². The van der Waals surface area contributed by atoms with E-state index in [2.05, 4.69) is 37.5 Å². The number of aromatic nitrogens is 2. The predicted octanol–water partition coefficient (Wildman–Crippen LogP) is 1.55. The van der Waals surface area contributed by atoms with E-state index >= 15 is 0 Å². The molecule has 1 amide bonds. The van der Waals surface area contributed by atoms with Crippen LogP contribution < -0.4 is 5.43 Å². The van der Waals surface area contributed by atoms with Crippen LogP contribution in [0.15, 0.2) is 27.5 Å². The number of fused-ring (bicyclic) bond motifs is 1. The molecule has 0 saturated carbocycles. The molecule has 0 unspecified atom stereocenters. The first-order chi connectivity index (χ1) is 14.2. The Morgan fingerprint density at radius 2 is 2.03 bits per heavy atom. The van der Waals surface area contributed by atoms with Crippen molar-refractivity contribution < 1.29 is 9.32 Å². The largest absolute Gasteiger partial charge is 0.358 e.